The monoisotopic (exact) mass is 509 g/mol. The van der Waals surface area contributed by atoms with Crippen LogP contribution in [0.1, 0.15) is 24.8 Å². The lowest BCUT2D eigenvalue weighted by Crippen LogP contribution is -2.44. The molecule has 0 spiro atoms. The summed E-state index contributed by atoms with van der Waals surface area (Å²) in [5, 5.41) is 2.24. The molecule has 0 aliphatic carbocycles. The van der Waals surface area contributed by atoms with Crippen LogP contribution in [0.5, 0.6) is 11.5 Å². The molecule has 0 saturated carbocycles. The molecular formula is C26H27N3O6S. The Morgan fingerprint density at radius 2 is 1.78 bits per heavy atom. The molecule has 2 fully saturated rings. The number of thioether (sulfide) groups is 1. The molecule has 2 aliphatic rings. The van der Waals surface area contributed by atoms with Gasteiger partial charge in [-0.05, 0) is 55.3 Å². The van der Waals surface area contributed by atoms with Crippen molar-refractivity contribution < 1.29 is 28.7 Å². The predicted molar refractivity (Wildman–Crippen MR) is 137 cm³/mol. The fraction of sp³-hybridized carbons (Fsp3) is 0.308. The zero-order chi connectivity index (χ0) is 25.5. The summed E-state index contributed by atoms with van der Waals surface area (Å²) in [5.74, 6) is -0.496. The lowest BCUT2D eigenvalue weighted by molar-refractivity contribution is -0.136. The molecule has 2 aromatic carbocycles. The fourth-order valence-electron chi connectivity index (χ4n) is 3.97. The molecule has 0 bridgehead atoms. The lowest BCUT2D eigenvalue weighted by Gasteiger charge is -2.27. The molecule has 0 atom stereocenters. The second kappa shape index (κ2) is 11.8. The molecule has 0 unspecified atom stereocenters. The molecule has 36 heavy (non-hydrogen) atoms. The van der Waals surface area contributed by atoms with E-state index in [4.69, 9.17) is 9.47 Å². The maximum absolute atomic E-state index is 13.0. The number of carbonyl (C=O) groups excluding carboxylic acids is 4. The van der Waals surface area contributed by atoms with Gasteiger partial charge in [0, 0.05) is 24.3 Å². The average molecular weight is 510 g/mol. The number of nitrogens with one attached hydrogen (secondary N) is 1. The first-order valence-electron chi connectivity index (χ1n) is 11.6. The van der Waals surface area contributed by atoms with Crippen molar-refractivity contribution in [3.63, 3.8) is 0 Å². The van der Waals surface area contributed by atoms with Crippen molar-refractivity contribution in [3.05, 3.63) is 59.0 Å². The Hall–Kier alpha value is -3.79. The van der Waals surface area contributed by atoms with Crippen molar-refractivity contribution in [3.8, 4) is 11.5 Å². The minimum absolute atomic E-state index is 0.165. The second-order valence-corrected chi connectivity index (χ2v) is 9.28. The van der Waals surface area contributed by atoms with E-state index in [1.54, 1.807) is 35.2 Å². The van der Waals surface area contributed by atoms with Crippen LogP contribution in [0.2, 0.25) is 0 Å². The highest BCUT2D eigenvalue weighted by atomic mass is 32.2. The third kappa shape index (κ3) is 6.06. The topological polar surface area (TPSA) is 105 Å². The van der Waals surface area contributed by atoms with Crippen molar-refractivity contribution in [1.82, 2.24) is 9.80 Å². The Morgan fingerprint density at radius 1 is 1.03 bits per heavy atom. The number of para-hydroxylation sites is 2. The molecule has 2 aromatic rings. The van der Waals surface area contributed by atoms with Gasteiger partial charge >= 0.3 is 0 Å². The maximum atomic E-state index is 13.0. The first kappa shape index (κ1) is 25.3. The Kier molecular flexibility index (Phi) is 8.27. The van der Waals surface area contributed by atoms with Crippen LogP contribution in [-0.2, 0) is 14.4 Å². The van der Waals surface area contributed by atoms with Gasteiger partial charge in [-0.15, -0.1) is 0 Å². The van der Waals surface area contributed by atoms with E-state index in [0.29, 0.717) is 30.1 Å². The SMILES string of the molecule is COc1cccc(/C=C2\SC(=O)N(CC(=O)N3CCCCC3)C2=O)c1OCC(=O)Nc1ccccc1. The van der Waals surface area contributed by atoms with Crippen molar-refractivity contribution in [2.75, 3.05) is 38.7 Å². The van der Waals surface area contributed by atoms with Crippen molar-refractivity contribution >= 4 is 46.5 Å². The number of rotatable bonds is 8. The summed E-state index contributed by atoms with van der Waals surface area (Å²) >= 11 is 0.766. The number of anilines is 1. The largest absolute Gasteiger partial charge is 0.493 e. The molecule has 1 N–H and O–H groups in total. The maximum Gasteiger partial charge on any atom is 0.294 e. The summed E-state index contributed by atoms with van der Waals surface area (Å²) in [6.07, 6.45) is 4.45. The normalized spacial score (nSPS) is 16.9. The zero-order valence-corrected chi connectivity index (χ0v) is 20.7. The fourth-order valence-corrected chi connectivity index (χ4v) is 4.80. The molecule has 10 heteroatoms. The molecule has 188 valence electrons. The molecule has 4 amide bonds. The van der Waals surface area contributed by atoms with Crippen LogP contribution in [0, 0.1) is 0 Å². The molecular weight excluding hydrogens is 482 g/mol. The molecule has 2 saturated heterocycles. The van der Waals surface area contributed by atoms with Crippen LogP contribution >= 0.6 is 11.8 Å². The van der Waals surface area contributed by atoms with Crippen molar-refractivity contribution in [2.24, 2.45) is 0 Å². The number of likely N-dealkylation sites (tertiary alicyclic amines) is 1. The molecule has 4 rings (SSSR count). The van der Waals surface area contributed by atoms with E-state index < -0.39 is 11.1 Å². The number of piperidine rings is 1. The van der Waals surface area contributed by atoms with Gasteiger partial charge < -0.3 is 19.7 Å². The number of ether oxygens (including phenoxy) is 2. The number of hydrogen-bond acceptors (Lipinski definition) is 7. The smallest absolute Gasteiger partial charge is 0.294 e. The van der Waals surface area contributed by atoms with Gasteiger partial charge in [0.2, 0.25) is 5.91 Å². The minimum Gasteiger partial charge on any atom is -0.493 e. The molecule has 2 heterocycles. The summed E-state index contributed by atoms with van der Waals surface area (Å²) in [7, 11) is 1.47. The van der Waals surface area contributed by atoms with Gasteiger partial charge in [-0.25, -0.2) is 0 Å². The number of imide groups is 1. The highest BCUT2D eigenvalue weighted by Gasteiger charge is 2.37. The van der Waals surface area contributed by atoms with Crippen LogP contribution < -0.4 is 14.8 Å². The molecule has 9 nitrogen and oxygen atoms in total. The van der Waals surface area contributed by atoms with E-state index in [2.05, 4.69) is 5.32 Å². The van der Waals surface area contributed by atoms with Crippen LogP contribution in [0.4, 0.5) is 10.5 Å². The number of hydrogen-bond donors (Lipinski definition) is 1. The van der Waals surface area contributed by atoms with E-state index in [9.17, 15) is 19.2 Å². The summed E-state index contributed by atoms with van der Waals surface area (Å²) in [4.78, 5) is 53.3. The first-order chi connectivity index (χ1) is 17.5. The Balaban J connectivity index is 1.47. The minimum atomic E-state index is -0.536. The number of nitrogens with zero attached hydrogens (tertiary/aromatic N) is 2. The summed E-state index contributed by atoms with van der Waals surface area (Å²) in [6, 6.07) is 14.1. The van der Waals surface area contributed by atoms with Crippen LogP contribution in [0.25, 0.3) is 6.08 Å². The van der Waals surface area contributed by atoms with Crippen LogP contribution in [0.15, 0.2) is 53.4 Å². The van der Waals surface area contributed by atoms with Gasteiger partial charge in [0.1, 0.15) is 6.54 Å². The Morgan fingerprint density at radius 3 is 2.50 bits per heavy atom. The highest BCUT2D eigenvalue weighted by Crippen LogP contribution is 2.37. The summed E-state index contributed by atoms with van der Waals surface area (Å²) < 4.78 is 11.2. The molecule has 2 aliphatic heterocycles. The third-order valence-electron chi connectivity index (χ3n) is 5.80. The standard InChI is InChI=1S/C26H27N3O6S/c1-34-20-12-8-9-18(24(20)35-17-22(30)27-19-10-4-2-5-11-19)15-21-25(32)29(26(33)36-21)16-23(31)28-13-6-3-7-14-28/h2,4-5,8-12,15H,3,6-7,13-14,16-17H2,1H3,(H,27,30)/b21-15-. The average Bonchev–Trinajstić information content (AvgIpc) is 3.16. The van der Waals surface area contributed by atoms with Crippen molar-refractivity contribution in [1.29, 1.82) is 0 Å². The predicted octanol–water partition coefficient (Wildman–Crippen LogP) is 3.76. The van der Waals surface area contributed by atoms with E-state index >= 15 is 0 Å². The second-order valence-electron chi connectivity index (χ2n) is 8.29. The van der Waals surface area contributed by atoms with Crippen molar-refractivity contribution in [2.45, 2.75) is 19.3 Å². The van der Waals surface area contributed by atoms with Gasteiger partial charge in [0.25, 0.3) is 17.1 Å². The molecule has 0 radical (unpaired) electrons. The van der Waals surface area contributed by atoms with Gasteiger partial charge in [-0.2, -0.15) is 0 Å². The lowest BCUT2D eigenvalue weighted by atomic mass is 10.1. The Bertz CT molecular complexity index is 1180. The van der Waals surface area contributed by atoms with E-state index in [1.165, 1.54) is 13.2 Å². The van der Waals surface area contributed by atoms with E-state index in [0.717, 1.165) is 35.9 Å². The first-order valence-corrected chi connectivity index (χ1v) is 12.5. The summed E-state index contributed by atoms with van der Waals surface area (Å²) in [5.41, 5.74) is 1.11. The summed E-state index contributed by atoms with van der Waals surface area (Å²) in [6.45, 7) is 0.728. The quantitative estimate of drug-likeness (QED) is 0.540. The van der Waals surface area contributed by atoms with Crippen LogP contribution in [0.3, 0.4) is 0 Å². The number of amides is 4. The number of carbonyl (C=O) groups is 4. The zero-order valence-electron chi connectivity index (χ0n) is 19.9. The number of methoxy groups -OCH3 is 1. The van der Waals surface area contributed by atoms with E-state index in [1.807, 2.05) is 18.2 Å². The third-order valence-corrected chi connectivity index (χ3v) is 6.70. The van der Waals surface area contributed by atoms with Gasteiger partial charge in [-0.1, -0.05) is 30.3 Å². The molecule has 0 aromatic heterocycles. The number of benzene rings is 2. The highest BCUT2D eigenvalue weighted by molar-refractivity contribution is 8.18. The van der Waals surface area contributed by atoms with Gasteiger partial charge in [-0.3, -0.25) is 24.1 Å². The van der Waals surface area contributed by atoms with E-state index in [-0.39, 0.29) is 35.6 Å². The van der Waals surface area contributed by atoms with Crippen LogP contribution in [-0.4, -0.2) is 66.1 Å². The Labute approximate surface area is 213 Å². The van der Waals surface area contributed by atoms with Gasteiger partial charge in [0.15, 0.2) is 18.1 Å². The van der Waals surface area contributed by atoms with Gasteiger partial charge in [0.05, 0.1) is 12.0 Å².